The Kier molecular flexibility index (Phi) is 7.12. The predicted octanol–water partition coefficient (Wildman–Crippen LogP) is 4.14. The summed E-state index contributed by atoms with van der Waals surface area (Å²) in [6, 6.07) is 16.4. The third kappa shape index (κ3) is 5.54. The number of ether oxygens (including phenoxy) is 1. The molecular formula is C27H24N2O7S. The molecule has 3 aromatic rings. The van der Waals surface area contributed by atoms with Gasteiger partial charge in [-0.3, -0.25) is 14.9 Å². The highest BCUT2D eigenvalue weighted by atomic mass is 32.2. The van der Waals surface area contributed by atoms with E-state index in [1.54, 1.807) is 37.3 Å². The monoisotopic (exact) mass is 520 g/mol. The summed E-state index contributed by atoms with van der Waals surface area (Å²) in [6.45, 7) is 5.57. The summed E-state index contributed by atoms with van der Waals surface area (Å²) >= 11 is 0. The SMILES string of the molecule is CCOc1cc(/C=C2\C(=O)NC(=O)N(c3cccc(C)c3)C2=O)ccc1OS(=O)(=O)c1ccc(C)cc1. The van der Waals surface area contributed by atoms with Gasteiger partial charge in [0, 0.05) is 0 Å². The van der Waals surface area contributed by atoms with Crippen molar-refractivity contribution in [2.45, 2.75) is 25.7 Å². The maximum atomic E-state index is 13.1. The minimum absolute atomic E-state index is 0.0166. The molecule has 0 radical (unpaired) electrons. The van der Waals surface area contributed by atoms with E-state index in [-0.39, 0.29) is 28.6 Å². The quantitative estimate of drug-likeness (QED) is 0.283. The van der Waals surface area contributed by atoms with Crippen LogP contribution in [0.4, 0.5) is 10.5 Å². The molecule has 4 amide bonds. The first-order valence-electron chi connectivity index (χ1n) is 11.3. The van der Waals surface area contributed by atoms with E-state index in [2.05, 4.69) is 5.32 Å². The number of nitrogens with zero attached hydrogens (tertiary/aromatic N) is 1. The lowest BCUT2D eigenvalue weighted by atomic mass is 10.1. The van der Waals surface area contributed by atoms with Crippen molar-refractivity contribution in [1.82, 2.24) is 5.32 Å². The van der Waals surface area contributed by atoms with Crippen molar-refractivity contribution in [1.29, 1.82) is 0 Å². The van der Waals surface area contributed by atoms with Gasteiger partial charge in [0.2, 0.25) is 0 Å². The lowest BCUT2D eigenvalue weighted by Crippen LogP contribution is -2.54. The van der Waals surface area contributed by atoms with Crippen LogP contribution in [0.25, 0.3) is 6.08 Å². The molecular weight excluding hydrogens is 496 g/mol. The van der Waals surface area contributed by atoms with Gasteiger partial charge >= 0.3 is 16.1 Å². The van der Waals surface area contributed by atoms with Crippen LogP contribution in [0.3, 0.4) is 0 Å². The van der Waals surface area contributed by atoms with Gasteiger partial charge in [0.1, 0.15) is 10.5 Å². The molecule has 0 atom stereocenters. The average molecular weight is 521 g/mol. The van der Waals surface area contributed by atoms with Crippen LogP contribution in [0, 0.1) is 13.8 Å². The van der Waals surface area contributed by atoms with Crippen molar-refractivity contribution in [3.8, 4) is 11.5 Å². The van der Waals surface area contributed by atoms with Crippen molar-refractivity contribution in [3.63, 3.8) is 0 Å². The number of anilines is 1. The molecule has 1 N–H and O–H groups in total. The topological polar surface area (TPSA) is 119 Å². The van der Waals surface area contributed by atoms with Crippen LogP contribution in [0.5, 0.6) is 11.5 Å². The van der Waals surface area contributed by atoms with Crippen LogP contribution in [-0.4, -0.2) is 32.9 Å². The highest BCUT2D eigenvalue weighted by Gasteiger charge is 2.36. The summed E-state index contributed by atoms with van der Waals surface area (Å²) in [5.74, 6) is -1.60. The van der Waals surface area contributed by atoms with Gasteiger partial charge in [0.05, 0.1) is 12.3 Å². The summed E-state index contributed by atoms with van der Waals surface area (Å²) < 4.78 is 36.4. The van der Waals surface area contributed by atoms with Crippen LogP contribution in [0.1, 0.15) is 23.6 Å². The first kappa shape index (κ1) is 25.6. The number of hydrogen-bond donors (Lipinski definition) is 1. The van der Waals surface area contributed by atoms with Gasteiger partial charge in [-0.2, -0.15) is 8.42 Å². The summed E-state index contributed by atoms with van der Waals surface area (Å²) in [5, 5.41) is 2.18. The molecule has 1 aliphatic rings. The summed E-state index contributed by atoms with van der Waals surface area (Å²) in [5.41, 5.74) is 2.14. The van der Waals surface area contributed by atoms with E-state index in [1.165, 1.54) is 36.4 Å². The van der Waals surface area contributed by atoms with Gasteiger partial charge in [0.25, 0.3) is 11.8 Å². The molecule has 190 valence electrons. The van der Waals surface area contributed by atoms with Gasteiger partial charge in [0.15, 0.2) is 11.5 Å². The van der Waals surface area contributed by atoms with E-state index in [0.29, 0.717) is 11.3 Å². The Morgan fingerprint density at radius 3 is 2.30 bits per heavy atom. The van der Waals surface area contributed by atoms with E-state index < -0.39 is 28.0 Å². The lowest BCUT2D eigenvalue weighted by Gasteiger charge is -2.26. The maximum Gasteiger partial charge on any atom is 0.339 e. The van der Waals surface area contributed by atoms with Crippen molar-refractivity contribution in [2.24, 2.45) is 0 Å². The minimum atomic E-state index is -4.13. The second-order valence-electron chi connectivity index (χ2n) is 8.29. The molecule has 4 rings (SSSR count). The molecule has 9 nitrogen and oxygen atoms in total. The molecule has 1 saturated heterocycles. The molecule has 0 saturated carbocycles. The van der Waals surface area contributed by atoms with Gasteiger partial charge < -0.3 is 8.92 Å². The first-order valence-corrected chi connectivity index (χ1v) is 12.8. The number of hydrogen-bond acceptors (Lipinski definition) is 7. The van der Waals surface area contributed by atoms with Gasteiger partial charge in [-0.05, 0) is 74.4 Å². The number of urea groups is 1. The molecule has 0 aliphatic carbocycles. The molecule has 3 aromatic carbocycles. The fourth-order valence-corrected chi connectivity index (χ4v) is 4.59. The fourth-order valence-electron chi connectivity index (χ4n) is 3.65. The van der Waals surface area contributed by atoms with Crippen molar-refractivity contribution in [2.75, 3.05) is 11.5 Å². The van der Waals surface area contributed by atoms with Crippen molar-refractivity contribution < 1.29 is 31.7 Å². The van der Waals surface area contributed by atoms with E-state index in [9.17, 15) is 22.8 Å². The second kappa shape index (κ2) is 10.3. The number of aryl methyl sites for hydroxylation is 2. The number of barbiturate groups is 1. The lowest BCUT2D eigenvalue weighted by molar-refractivity contribution is -0.122. The second-order valence-corrected chi connectivity index (χ2v) is 9.83. The Morgan fingerprint density at radius 2 is 1.62 bits per heavy atom. The van der Waals surface area contributed by atoms with E-state index >= 15 is 0 Å². The minimum Gasteiger partial charge on any atom is -0.490 e. The molecule has 10 heteroatoms. The normalized spacial score (nSPS) is 15.1. The Morgan fingerprint density at radius 1 is 0.892 bits per heavy atom. The zero-order valence-corrected chi connectivity index (χ0v) is 21.2. The highest BCUT2D eigenvalue weighted by Crippen LogP contribution is 2.32. The Bertz CT molecular complexity index is 1530. The number of carbonyl (C=O) groups excluding carboxylic acids is 3. The zero-order chi connectivity index (χ0) is 26.7. The van der Waals surface area contributed by atoms with E-state index in [0.717, 1.165) is 16.0 Å². The smallest absolute Gasteiger partial charge is 0.339 e. The molecule has 0 aromatic heterocycles. The third-order valence-corrected chi connectivity index (χ3v) is 6.70. The van der Waals surface area contributed by atoms with Gasteiger partial charge in [-0.1, -0.05) is 35.9 Å². The molecule has 0 unspecified atom stereocenters. The Balaban J connectivity index is 1.67. The van der Waals surface area contributed by atoms with E-state index in [4.69, 9.17) is 8.92 Å². The Hall–Kier alpha value is -4.44. The largest absolute Gasteiger partial charge is 0.490 e. The number of benzene rings is 3. The van der Waals surface area contributed by atoms with Gasteiger partial charge in [-0.15, -0.1) is 0 Å². The standard InChI is InChI=1S/C27H24N2O7S/c1-4-35-24-16-19(10-13-23(24)36-37(33,34)21-11-8-17(2)9-12-21)15-22-25(30)28-27(32)29(26(22)31)20-7-5-6-18(3)14-20/h5-16H,4H2,1-3H3,(H,28,30,32)/b22-15+. The molecule has 37 heavy (non-hydrogen) atoms. The maximum absolute atomic E-state index is 13.1. The van der Waals surface area contributed by atoms with Crippen LogP contribution in [0.15, 0.2) is 77.2 Å². The van der Waals surface area contributed by atoms with Crippen molar-refractivity contribution >= 4 is 39.7 Å². The van der Waals surface area contributed by atoms with Crippen LogP contribution in [-0.2, 0) is 19.7 Å². The average Bonchev–Trinajstić information content (AvgIpc) is 2.83. The molecule has 0 bridgehead atoms. The Labute approximate surface area is 214 Å². The number of carbonyl (C=O) groups is 3. The van der Waals surface area contributed by atoms with E-state index in [1.807, 2.05) is 19.9 Å². The molecule has 0 spiro atoms. The van der Waals surface area contributed by atoms with Crippen LogP contribution in [0.2, 0.25) is 0 Å². The number of imide groups is 2. The summed E-state index contributed by atoms with van der Waals surface area (Å²) in [4.78, 5) is 39.0. The zero-order valence-electron chi connectivity index (χ0n) is 20.3. The van der Waals surface area contributed by atoms with Crippen LogP contribution < -0.4 is 19.1 Å². The van der Waals surface area contributed by atoms with Crippen LogP contribution >= 0.6 is 0 Å². The summed E-state index contributed by atoms with van der Waals surface area (Å²) in [6.07, 6.45) is 1.30. The number of nitrogens with one attached hydrogen (secondary N) is 1. The number of rotatable bonds is 7. The fraction of sp³-hybridized carbons (Fsp3) is 0.148. The highest BCUT2D eigenvalue weighted by molar-refractivity contribution is 7.87. The first-order chi connectivity index (χ1) is 17.6. The summed E-state index contributed by atoms with van der Waals surface area (Å²) in [7, 11) is -4.13. The predicted molar refractivity (Wildman–Crippen MR) is 137 cm³/mol. The van der Waals surface area contributed by atoms with Crippen molar-refractivity contribution in [3.05, 3.63) is 89.0 Å². The number of amides is 4. The molecule has 1 aliphatic heterocycles. The van der Waals surface area contributed by atoms with Gasteiger partial charge in [-0.25, -0.2) is 9.69 Å². The molecule has 1 heterocycles. The third-order valence-electron chi connectivity index (χ3n) is 5.45. The molecule has 1 fully saturated rings.